The number of methoxy groups -OCH3 is 1. The third-order valence-corrected chi connectivity index (χ3v) is 5.83. The van der Waals surface area contributed by atoms with Crippen molar-refractivity contribution in [3.05, 3.63) is 71.0 Å². The number of Topliss-reactive ketones (excluding diaryl/α,β-unsaturated/α-hetero) is 1. The number of carbonyl (C=O) groups excluding carboxylic acids is 2. The van der Waals surface area contributed by atoms with Crippen LogP contribution in [0.15, 0.2) is 54.1 Å². The maximum Gasteiger partial charge on any atom is 0.295 e. The zero-order valence-electron chi connectivity index (χ0n) is 17.8. The van der Waals surface area contributed by atoms with Crippen molar-refractivity contribution in [1.29, 1.82) is 0 Å². The van der Waals surface area contributed by atoms with E-state index in [1.807, 2.05) is 0 Å². The number of carbonyl (C=O) groups is 2. The predicted octanol–water partition coefficient (Wildman–Crippen LogP) is 2.59. The zero-order chi connectivity index (χ0) is 22.7. The van der Waals surface area contributed by atoms with Gasteiger partial charge in [-0.1, -0.05) is 24.3 Å². The second-order valence-corrected chi connectivity index (χ2v) is 7.70. The number of para-hydroxylation sites is 1. The van der Waals surface area contributed by atoms with Crippen molar-refractivity contribution in [3.63, 3.8) is 0 Å². The van der Waals surface area contributed by atoms with Crippen LogP contribution in [0.25, 0.3) is 5.76 Å². The Kier molecular flexibility index (Phi) is 6.53. The highest BCUT2D eigenvalue weighted by Gasteiger charge is 2.46. The number of aliphatic hydroxyl groups is 1. The van der Waals surface area contributed by atoms with Crippen LogP contribution in [0.4, 0.5) is 4.39 Å². The smallest absolute Gasteiger partial charge is 0.295 e. The highest BCUT2D eigenvalue weighted by atomic mass is 19.1. The van der Waals surface area contributed by atoms with Gasteiger partial charge in [-0.05, 0) is 29.8 Å². The highest BCUT2D eigenvalue weighted by Crippen LogP contribution is 2.40. The molecule has 2 aromatic rings. The topological polar surface area (TPSA) is 79.3 Å². The first kappa shape index (κ1) is 22.0. The SMILES string of the molecule is COc1ccccc1/C(O)=C1\C(=O)C(=O)N(CCN2CCOCC2)C1c1cccc(F)c1. The lowest BCUT2D eigenvalue weighted by Gasteiger charge is -2.31. The molecule has 2 saturated heterocycles. The van der Waals surface area contributed by atoms with Gasteiger partial charge in [0, 0.05) is 26.2 Å². The fourth-order valence-corrected chi connectivity index (χ4v) is 4.19. The molecule has 0 aliphatic carbocycles. The van der Waals surface area contributed by atoms with E-state index < -0.39 is 23.5 Å². The summed E-state index contributed by atoms with van der Waals surface area (Å²) in [6.45, 7) is 3.48. The van der Waals surface area contributed by atoms with Gasteiger partial charge in [0.2, 0.25) is 0 Å². The predicted molar refractivity (Wildman–Crippen MR) is 116 cm³/mol. The first-order valence-corrected chi connectivity index (χ1v) is 10.5. The molecule has 1 N–H and O–H groups in total. The summed E-state index contributed by atoms with van der Waals surface area (Å²) in [6, 6.07) is 11.5. The number of likely N-dealkylation sites (tertiary alicyclic amines) is 1. The molecule has 0 bridgehead atoms. The number of ether oxygens (including phenoxy) is 2. The average Bonchev–Trinajstić information content (AvgIpc) is 3.07. The van der Waals surface area contributed by atoms with Gasteiger partial charge in [0.05, 0.1) is 37.5 Å². The molecule has 1 atom stereocenters. The number of rotatable bonds is 6. The second-order valence-electron chi connectivity index (χ2n) is 7.70. The molecule has 0 saturated carbocycles. The summed E-state index contributed by atoms with van der Waals surface area (Å²) in [5.74, 6) is -1.99. The molecule has 4 rings (SSSR count). The molecular weight excluding hydrogens is 415 g/mol. The van der Waals surface area contributed by atoms with Crippen LogP contribution in [0.1, 0.15) is 17.2 Å². The number of benzene rings is 2. The maximum atomic E-state index is 14.1. The third-order valence-electron chi connectivity index (χ3n) is 5.83. The van der Waals surface area contributed by atoms with Crippen molar-refractivity contribution in [1.82, 2.24) is 9.80 Å². The van der Waals surface area contributed by atoms with Crippen molar-refractivity contribution in [2.24, 2.45) is 0 Å². The van der Waals surface area contributed by atoms with E-state index in [0.717, 1.165) is 13.1 Å². The fraction of sp³-hybridized carbons (Fsp3) is 0.333. The second kappa shape index (κ2) is 9.50. The zero-order valence-corrected chi connectivity index (χ0v) is 17.8. The summed E-state index contributed by atoms with van der Waals surface area (Å²) in [4.78, 5) is 29.6. The van der Waals surface area contributed by atoms with Crippen LogP contribution in [0.5, 0.6) is 5.75 Å². The van der Waals surface area contributed by atoms with Gasteiger partial charge >= 0.3 is 0 Å². The molecule has 2 heterocycles. The molecule has 168 valence electrons. The Balaban J connectivity index is 1.77. The Bertz CT molecular complexity index is 1050. The van der Waals surface area contributed by atoms with Crippen LogP contribution in [-0.2, 0) is 14.3 Å². The van der Waals surface area contributed by atoms with E-state index in [-0.39, 0.29) is 17.9 Å². The van der Waals surface area contributed by atoms with Gasteiger partial charge < -0.3 is 19.5 Å². The van der Waals surface area contributed by atoms with Crippen molar-refractivity contribution < 1.29 is 28.6 Å². The van der Waals surface area contributed by atoms with Gasteiger partial charge in [0.15, 0.2) is 0 Å². The van der Waals surface area contributed by atoms with E-state index in [2.05, 4.69) is 4.90 Å². The summed E-state index contributed by atoms with van der Waals surface area (Å²) >= 11 is 0. The van der Waals surface area contributed by atoms with Crippen molar-refractivity contribution in [2.45, 2.75) is 6.04 Å². The van der Waals surface area contributed by atoms with Crippen molar-refractivity contribution in [3.8, 4) is 5.75 Å². The fourth-order valence-electron chi connectivity index (χ4n) is 4.19. The molecule has 2 aliphatic rings. The van der Waals surface area contributed by atoms with E-state index in [0.29, 0.717) is 36.6 Å². The number of amides is 1. The number of nitrogens with zero attached hydrogens (tertiary/aromatic N) is 2. The molecule has 2 fully saturated rings. The Morgan fingerprint density at radius 2 is 1.88 bits per heavy atom. The Hall–Kier alpha value is -3.23. The molecule has 8 heteroatoms. The lowest BCUT2D eigenvalue weighted by atomic mass is 9.95. The van der Waals surface area contributed by atoms with Crippen LogP contribution >= 0.6 is 0 Å². The number of hydrogen-bond donors (Lipinski definition) is 1. The molecule has 32 heavy (non-hydrogen) atoms. The monoisotopic (exact) mass is 440 g/mol. The summed E-state index contributed by atoms with van der Waals surface area (Å²) < 4.78 is 24.8. The van der Waals surface area contributed by atoms with E-state index in [9.17, 15) is 19.1 Å². The molecule has 0 radical (unpaired) electrons. The van der Waals surface area contributed by atoms with Crippen LogP contribution in [0.2, 0.25) is 0 Å². The van der Waals surface area contributed by atoms with Gasteiger partial charge in [-0.25, -0.2) is 4.39 Å². The van der Waals surface area contributed by atoms with Crippen LogP contribution in [0.3, 0.4) is 0 Å². The van der Waals surface area contributed by atoms with Crippen molar-refractivity contribution in [2.75, 3.05) is 46.5 Å². The first-order chi connectivity index (χ1) is 15.5. The number of ketones is 1. The molecule has 7 nitrogen and oxygen atoms in total. The minimum absolute atomic E-state index is 0.0768. The van der Waals surface area contributed by atoms with E-state index in [1.54, 1.807) is 30.3 Å². The van der Waals surface area contributed by atoms with Crippen molar-refractivity contribution >= 4 is 17.4 Å². The largest absolute Gasteiger partial charge is 0.507 e. The van der Waals surface area contributed by atoms with Gasteiger partial charge in [-0.2, -0.15) is 0 Å². The van der Waals surface area contributed by atoms with Crippen LogP contribution in [-0.4, -0.2) is 73.1 Å². The molecule has 1 amide bonds. The van der Waals surface area contributed by atoms with Gasteiger partial charge in [0.25, 0.3) is 11.7 Å². The summed E-state index contributed by atoms with van der Waals surface area (Å²) in [6.07, 6.45) is 0. The average molecular weight is 440 g/mol. The third kappa shape index (κ3) is 4.24. The molecule has 2 aliphatic heterocycles. The minimum atomic E-state index is -0.906. The van der Waals surface area contributed by atoms with Gasteiger partial charge in [0.1, 0.15) is 17.3 Å². The number of hydrogen-bond acceptors (Lipinski definition) is 6. The lowest BCUT2D eigenvalue weighted by molar-refractivity contribution is -0.140. The highest BCUT2D eigenvalue weighted by molar-refractivity contribution is 6.46. The maximum absolute atomic E-state index is 14.1. The van der Waals surface area contributed by atoms with E-state index in [1.165, 1.54) is 30.2 Å². The summed E-state index contributed by atoms with van der Waals surface area (Å²) in [7, 11) is 1.46. The first-order valence-electron chi connectivity index (χ1n) is 10.5. The molecular formula is C24H25FN2O5. The number of aliphatic hydroxyl groups excluding tert-OH is 1. The number of morpholine rings is 1. The Morgan fingerprint density at radius 1 is 1.12 bits per heavy atom. The summed E-state index contributed by atoms with van der Waals surface area (Å²) in [5.41, 5.74) is 0.636. The quantitative estimate of drug-likeness (QED) is 0.423. The molecule has 0 aromatic heterocycles. The Labute approximate surface area is 185 Å². The molecule has 2 aromatic carbocycles. The van der Waals surface area contributed by atoms with Crippen LogP contribution < -0.4 is 4.74 Å². The van der Waals surface area contributed by atoms with E-state index in [4.69, 9.17) is 9.47 Å². The van der Waals surface area contributed by atoms with E-state index >= 15 is 0 Å². The Morgan fingerprint density at radius 3 is 2.59 bits per heavy atom. The molecule has 0 spiro atoms. The number of halogens is 1. The summed E-state index contributed by atoms with van der Waals surface area (Å²) in [5, 5.41) is 11.1. The standard InChI is InChI=1S/C24H25FN2O5/c1-31-19-8-3-2-7-18(19)22(28)20-21(16-5-4-6-17(25)15-16)27(24(30)23(20)29)10-9-26-11-13-32-14-12-26/h2-8,15,21,28H,9-14H2,1H3/b22-20+. The van der Waals surface area contributed by atoms with Gasteiger partial charge in [-0.3, -0.25) is 14.5 Å². The minimum Gasteiger partial charge on any atom is -0.507 e. The molecule has 1 unspecified atom stereocenters. The normalized spacial score (nSPS) is 21.2. The van der Waals surface area contributed by atoms with Gasteiger partial charge in [-0.15, -0.1) is 0 Å². The lowest BCUT2D eigenvalue weighted by Crippen LogP contribution is -2.42. The van der Waals surface area contributed by atoms with Crippen LogP contribution in [0, 0.1) is 5.82 Å².